The maximum atomic E-state index is 10.9. The van der Waals surface area contributed by atoms with Crippen LogP contribution in [0, 0.1) is 5.41 Å². The minimum atomic E-state index is -1.02. The number of ether oxygens (including phenoxy) is 1. The summed E-state index contributed by atoms with van der Waals surface area (Å²) in [6.45, 7) is 4.46. The summed E-state index contributed by atoms with van der Waals surface area (Å²) in [4.78, 5) is 10.9. The topological polar surface area (TPSA) is 58.6 Å². The largest absolute Gasteiger partial charge is 0.493 e. The maximum absolute atomic E-state index is 10.9. The Kier molecular flexibility index (Phi) is 3.03. The molecule has 4 nitrogen and oxygen atoms in total. The molecule has 0 radical (unpaired) electrons. The maximum Gasteiger partial charge on any atom is 0.405 e. The molecular formula is C12H14BrNO3. The lowest BCUT2D eigenvalue weighted by Crippen LogP contribution is -2.43. The molecule has 1 aromatic carbocycles. The lowest BCUT2D eigenvalue weighted by molar-refractivity contribution is 0.0995. The summed E-state index contributed by atoms with van der Waals surface area (Å²) < 4.78 is 6.56. The number of carbonyl (C=O) groups is 1. The van der Waals surface area contributed by atoms with Crippen molar-refractivity contribution < 1.29 is 14.6 Å². The number of halogens is 1. The monoisotopic (exact) mass is 299 g/mol. The first-order chi connectivity index (χ1) is 7.90. The van der Waals surface area contributed by atoms with Crippen LogP contribution in [0.25, 0.3) is 0 Å². The summed E-state index contributed by atoms with van der Waals surface area (Å²) >= 11 is 3.39. The van der Waals surface area contributed by atoms with E-state index < -0.39 is 6.09 Å². The van der Waals surface area contributed by atoms with E-state index in [1.165, 1.54) is 0 Å². The highest BCUT2D eigenvalue weighted by Crippen LogP contribution is 2.43. The van der Waals surface area contributed by atoms with Gasteiger partial charge in [-0.2, -0.15) is 0 Å². The van der Waals surface area contributed by atoms with E-state index >= 15 is 0 Å². The highest BCUT2D eigenvalue weighted by molar-refractivity contribution is 9.10. The Morgan fingerprint density at radius 2 is 2.29 bits per heavy atom. The van der Waals surface area contributed by atoms with Crippen molar-refractivity contribution in [3.05, 3.63) is 28.2 Å². The third-order valence-corrected chi connectivity index (χ3v) is 3.43. The minimum Gasteiger partial charge on any atom is -0.493 e. The highest BCUT2D eigenvalue weighted by Gasteiger charge is 2.38. The van der Waals surface area contributed by atoms with Crippen LogP contribution in [0.4, 0.5) is 4.79 Å². The van der Waals surface area contributed by atoms with E-state index in [1.54, 1.807) is 0 Å². The van der Waals surface area contributed by atoms with Gasteiger partial charge in [0.05, 0.1) is 12.6 Å². The van der Waals surface area contributed by atoms with Gasteiger partial charge in [0, 0.05) is 15.5 Å². The van der Waals surface area contributed by atoms with E-state index in [1.807, 2.05) is 32.0 Å². The third kappa shape index (κ3) is 2.39. The average Bonchev–Trinajstić information content (AvgIpc) is 2.22. The second kappa shape index (κ2) is 4.22. The second-order valence-electron chi connectivity index (χ2n) is 4.84. The van der Waals surface area contributed by atoms with Crippen molar-refractivity contribution in [1.82, 2.24) is 5.32 Å². The summed E-state index contributed by atoms with van der Waals surface area (Å²) in [7, 11) is 0. The summed E-state index contributed by atoms with van der Waals surface area (Å²) in [5, 5.41) is 11.5. The highest BCUT2D eigenvalue weighted by atomic mass is 79.9. The molecule has 0 bridgehead atoms. The third-order valence-electron chi connectivity index (χ3n) is 2.93. The molecule has 1 heterocycles. The summed E-state index contributed by atoms with van der Waals surface area (Å²) in [5.41, 5.74) is 0.602. The van der Waals surface area contributed by atoms with Gasteiger partial charge in [-0.3, -0.25) is 0 Å². The van der Waals surface area contributed by atoms with Crippen LogP contribution in [0.5, 0.6) is 5.75 Å². The molecule has 1 aliphatic rings. The van der Waals surface area contributed by atoms with E-state index in [4.69, 9.17) is 9.84 Å². The molecule has 2 rings (SSSR count). The van der Waals surface area contributed by atoms with Gasteiger partial charge in [-0.15, -0.1) is 0 Å². The van der Waals surface area contributed by atoms with Gasteiger partial charge in [-0.05, 0) is 18.2 Å². The van der Waals surface area contributed by atoms with Crippen LogP contribution in [0.15, 0.2) is 22.7 Å². The molecule has 0 saturated heterocycles. The van der Waals surface area contributed by atoms with Crippen LogP contribution >= 0.6 is 15.9 Å². The van der Waals surface area contributed by atoms with Gasteiger partial charge in [0.25, 0.3) is 0 Å². The Morgan fingerprint density at radius 3 is 2.94 bits per heavy atom. The van der Waals surface area contributed by atoms with Crippen molar-refractivity contribution in [2.75, 3.05) is 6.61 Å². The normalized spacial score (nSPS) is 21.2. The molecule has 0 spiro atoms. The molecule has 92 valence electrons. The zero-order chi connectivity index (χ0) is 12.6. The second-order valence-corrected chi connectivity index (χ2v) is 5.76. The Labute approximate surface area is 108 Å². The Bertz CT molecular complexity index is 459. The Morgan fingerprint density at radius 1 is 1.59 bits per heavy atom. The molecule has 0 aromatic heterocycles. The van der Waals surface area contributed by atoms with Gasteiger partial charge in [0.2, 0.25) is 0 Å². The number of hydrogen-bond donors (Lipinski definition) is 2. The predicted octanol–water partition coefficient (Wildman–Crippen LogP) is 3.18. The fourth-order valence-corrected chi connectivity index (χ4v) is 2.42. The van der Waals surface area contributed by atoms with E-state index in [-0.39, 0.29) is 11.5 Å². The SMILES string of the molecule is CC1(C)COc2ccc(Br)cc2C1NC(=O)O. The van der Waals surface area contributed by atoms with E-state index in [0.29, 0.717) is 6.61 Å². The van der Waals surface area contributed by atoms with Crippen molar-refractivity contribution in [2.45, 2.75) is 19.9 Å². The van der Waals surface area contributed by atoms with E-state index in [0.717, 1.165) is 15.8 Å². The van der Waals surface area contributed by atoms with Crippen LogP contribution in [-0.4, -0.2) is 17.8 Å². The van der Waals surface area contributed by atoms with E-state index in [2.05, 4.69) is 21.2 Å². The van der Waals surface area contributed by atoms with Crippen LogP contribution in [0.1, 0.15) is 25.5 Å². The van der Waals surface area contributed by atoms with Gasteiger partial charge in [-0.1, -0.05) is 29.8 Å². The molecule has 2 N–H and O–H groups in total. The number of carboxylic acid groups (broad SMARTS) is 1. The number of hydrogen-bond acceptors (Lipinski definition) is 2. The summed E-state index contributed by atoms with van der Waals surface area (Å²) in [5.74, 6) is 0.742. The Hall–Kier alpha value is -1.23. The molecule has 5 heteroatoms. The van der Waals surface area contributed by atoms with Crippen molar-refractivity contribution in [2.24, 2.45) is 5.41 Å². The molecule has 1 atom stereocenters. The molecule has 1 aliphatic heterocycles. The average molecular weight is 300 g/mol. The Balaban J connectivity index is 2.46. The van der Waals surface area contributed by atoms with Crippen LogP contribution in [-0.2, 0) is 0 Å². The van der Waals surface area contributed by atoms with Crippen LogP contribution in [0.3, 0.4) is 0 Å². The van der Waals surface area contributed by atoms with Gasteiger partial charge >= 0.3 is 6.09 Å². The molecule has 1 amide bonds. The number of amides is 1. The van der Waals surface area contributed by atoms with Crippen LogP contribution in [0.2, 0.25) is 0 Å². The summed E-state index contributed by atoms with van der Waals surface area (Å²) in [6, 6.07) is 5.37. The van der Waals surface area contributed by atoms with Gasteiger partial charge < -0.3 is 15.2 Å². The molecular weight excluding hydrogens is 286 g/mol. The lowest BCUT2D eigenvalue weighted by atomic mass is 9.79. The van der Waals surface area contributed by atoms with Crippen LogP contribution < -0.4 is 10.1 Å². The van der Waals surface area contributed by atoms with Gasteiger partial charge in [0.1, 0.15) is 5.75 Å². The van der Waals surface area contributed by atoms with Gasteiger partial charge in [-0.25, -0.2) is 4.79 Å². The number of nitrogens with one attached hydrogen (secondary N) is 1. The van der Waals surface area contributed by atoms with Gasteiger partial charge in [0.15, 0.2) is 0 Å². The smallest absolute Gasteiger partial charge is 0.405 e. The molecule has 1 aromatic rings. The first-order valence-electron chi connectivity index (χ1n) is 5.32. The van der Waals surface area contributed by atoms with Crippen molar-refractivity contribution >= 4 is 22.0 Å². The van der Waals surface area contributed by atoms with Crippen molar-refractivity contribution in [3.63, 3.8) is 0 Å². The zero-order valence-corrected chi connectivity index (χ0v) is 11.2. The minimum absolute atomic E-state index is 0.263. The molecule has 0 aliphatic carbocycles. The van der Waals surface area contributed by atoms with Crippen molar-refractivity contribution in [3.8, 4) is 5.75 Å². The number of rotatable bonds is 1. The van der Waals surface area contributed by atoms with Crippen molar-refractivity contribution in [1.29, 1.82) is 0 Å². The molecule has 0 saturated carbocycles. The molecule has 1 unspecified atom stereocenters. The summed E-state index contributed by atoms with van der Waals surface area (Å²) in [6.07, 6.45) is -1.02. The molecule has 0 fully saturated rings. The first-order valence-corrected chi connectivity index (χ1v) is 6.11. The first kappa shape index (κ1) is 12.2. The fourth-order valence-electron chi connectivity index (χ4n) is 2.04. The van der Waals surface area contributed by atoms with E-state index in [9.17, 15) is 4.79 Å². The molecule has 17 heavy (non-hydrogen) atoms. The number of benzene rings is 1. The number of fused-ring (bicyclic) bond motifs is 1. The standard InChI is InChI=1S/C12H14BrNO3/c1-12(2)6-17-9-4-3-7(13)5-8(9)10(12)14-11(15)16/h3-5,10,14H,6H2,1-2H3,(H,15,16). The lowest BCUT2D eigenvalue weighted by Gasteiger charge is -2.39. The fraction of sp³-hybridized carbons (Fsp3) is 0.417. The predicted molar refractivity (Wildman–Crippen MR) is 67.3 cm³/mol. The zero-order valence-electron chi connectivity index (χ0n) is 9.66. The quantitative estimate of drug-likeness (QED) is 0.837.